The van der Waals surface area contributed by atoms with Crippen LogP contribution in [-0.4, -0.2) is 52.8 Å². The average molecular weight is 367 g/mol. The lowest BCUT2D eigenvalue weighted by atomic mass is 9.82. The number of nitrogens with one attached hydrogen (secondary N) is 1. The Bertz CT molecular complexity index is 944. The van der Waals surface area contributed by atoms with Gasteiger partial charge in [-0.15, -0.1) is 0 Å². The topological polar surface area (TPSA) is 65.6 Å². The summed E-state index contributed by atoms with van der Waals surface area (Å²) in [6.45, 7) is 2.72. The number of carbonyl (C=O) groups excluding carboxylic acids is 2. The van der Waals surface area contributed by atoms with E-state index < -0.39 is 5.54 Å². The summed E-state index contributed by atoms with van der Waals surface area (Å²) >= 11 is 0. The molecule has 1 saturated carbocycles. The van der Waals surface area contributed by atoms with Gasteiger partial charge in [0.2, 0.25) is 5.91 Å². The highest BCUT2D eigenvalue weighted by molar-refractivity contribution is 6.01. The van der Waals surface area contributed by atoms with Gasteiger partial charge in [0.15, 0.2) is 5.54 Å². The van der Waals surface area contributed by atoms with Crippen molar-refractivity contribution in [3.8, 4) is 5.75 Å². The summed E-state index contributed by atoms with van der Waals surface area (Å²) in [6, 6.07) is 6.14. The Balaban J connectivity index is 1.65. The summed E-state index contributed by atoms with van der Waals surface area (Å²) in [5.74, 6) is 0.926. The third kappa shape index (κ3) is 2.19. The molecule has 5 rings (SSSR count). The van der Waals surface area contributed by atoms with Crippen LogP contribution in [0, 0.1) is 0 Å². The smallest absolute Gasteiger partial charge is 0.255 e. The largest absolute Gasteiger partial charge is 0.497 e. The standard InChI is InChI=1S/C21H25N3O3/c1-21-19-15(16-11-14(27-2)7-8-17(16)22-19)9-10-24(21)18(25)12-23(20(21)26)13-5-3-4-6-13/h7-8,11,13,22H,3-6,9-10,12H2,1-2H3. The van der Waals surface area contributed by atoms with Crippen LogP contribution in [0.25, 0.3) is 10.9 Å². The number of aromatic nitrogens is 1. The van der Waals surface area contributed by atoms with E-state index in [1.165, 1.54) is 0 Å². The van der Waals surface area contributed by atoms with Gasteiger partial charge in [-0.3, -0.25) is 9.59 Å². The monoisotopic (exact) mass is 367 g/mol. The molecule has 1 saturated heterocycles. The van der Waals surface area contributed by atoms with Gasteiger partial charge in [-0.05, 0) is 49.9 Å². The molecule has 1 atom stereocenters. The minimum Gasteiger partial charge on any atom is -0.497 e. The van der Waals surface area contributed by atoms with Crippen molar-refractivity contribution < 1.29 is 14.3 Å². The first-order chi connectivity index (χ1) is 13.0. The van der Waals surface area contributed by atoms with Gasteiger partial charge in [-0.1, -0.05) is 12.8 Å². The van der Waals surface area contributed by atoms with E-state index in [-0.39, 0.29) is 24.4 Å². The first-order valence-electron chi connectivity index (χ1n) is 9.84. The summed E-state index contributed by atoms with van der Waals surface area (Å²) < 4.78 is 5.38. The van der Waals surface area contributed by atoms with E-state index in [0.717, 1.165) is 60.0 Å². The molecule has 3 aliphatic rings. The number of aromatic amines is 1. The second kappa shape index (κ2) is 5.75. The normalized spacial score (nSPS) is 25.9. The van der Waals surface area contributed by atoms with Crippen LogP contribution >= 0.6 is 0 Å². The Labute approximate surface area is 158 Å². The van der Waals surface area contributed by atoms with E-state index in [1.54, 1.807) is 12.0 Å². The number of carbonyl (C=O) groups is 2. The number of methoxy groups -OCH3 is 1. The molecule has 27 heavy (non-hydrogen) atoms. The predicted octanol–water partition coefficient (Wildman–Crippen LogP) is 2.56. The van der Waals surface area contributed by atoms with E-state index in [9.17, 15) is 9.59 Å². The Morgan fingerprint density at radius 1 is 1.22 bits per heavy atom. The number of ether oxygens (including phenoxy) is 1. The third-order valence-electron chi connectivity index (χ3n) is 6.77. The van der Waals surface area contributed by atoms with Gasteiger partial charge in [0.25, 0.3) is 5.91 Å². The highest BCUT2D eigenvalue weighted by Gasteiger charge is 2.55. The fraction of sp³-hybridized carbons (Fsp3) is 0.524. The van der Waals surface area contributed by atoms with Crippen LogP contribution in [-0.2, 0) is 21.5 Å². The van der Waals surface area contributed by atoms with Crippen molar-refractivity contribution in [3.05, 3.63) is 29.5 Å². The maximum absolute atomic E-state index is 13.7. The molecule has 1 unspecified atom stereocenters. The number of rotatable bonds is 2. The van der Waals surface area contributed by atoms with E-state index >= 15 is 0 Å². The Morgan fingerprint density at radius 2 is 2.00 bits per heavy atom. The highest BCUT2D eigenvalue weighted by Crippen LogP contribution is 2.43. The predicted molar refractivity (Wildman–Crippen MR) is 102 cm³/mol. The van der Waals surface area contributed by atoms with Crippen LogP contribution < -0.4 is 4.74 Å². The van der Waals surface area contributed by atoms with Crippen LogP contribution in [0.1, 0.15) is 43.9 Å². The molecule has 1 aromatic heterocycles. The molecule has 1 aliphatic carbocycles. The molecule has 6 nitrogen and oxygen atoms in total. The van der Waals surface area contributed by atoms with Gasteiger partial charge >= 0.3 is 0 Å². The SMILES string of the molecule is COc1ccc2[nH]c3c(c2c1)CCN1C(=O)CN(C2CCCC2)C(=O)C31C. The summed E-state index contributed by atoms with van der Waals surface area (Å²) in [4.78, 5) is 33.7. The average Bonchev–Trinajstić information content (AvgIpc) is 3.32. The summed E-state index contributed by atoms with van der Waals surface area (Å²) in [5.41, 5.74) is 2.05. The van der Waals surface area contributed by atoms with Crippen molar-refractivity contribution in [2.24, 2.45) is 0 Å². The maximum atomic E-state index is 13.7. The first-order valence-corrected chi connectivity index (χ1v) is 9.84. The number of piperazine rings is 1. The van der Waals surface area contributed by atoms with Crippen LogP contribution in [0.5, 0.6) is 5.75 Å². The third-order valence-corrected chi connectivity index (χ3v) is 6.77. The molecule has 2 amide bonds. The zero-order valence-corrected chi connectivity index (χ0v) is 15.9. The second-order valence-electron chi connectivity index (χ2n) is 8.13. The van der Waals surface area contributed by atoms with Gasteiger partial charge in [0.05, 0.1) is 12.8 Å². The minimum absolute atomic E-state index is 0.0610. The lowest BCUT2D eigenvalue weighted by molar-refractivity contribution is -0.168. The van der Waals surface area contributed by atoms with Crippen molar-refractivity contribution in [1.82, 2.24) is 14.8 Å². The highest BCUT2D eigenvalue weighted by atomic mass is 16.5. The quantitative estimate of drug-likeness (QED) is 0.887. The molecule has 0 spiro atoms. The van der Waals surface area contributed by atoms with Gasteiger partial charge in [-0.25, -0.2) is 0 Å². The van der Waals surface area contributed by atoms with Crippen molar-refractivity contribution >= 4 is 22.7 Å². The van der Waals surface area contributed by atoms with Crippen molar-refractivity contribution in [2.45, 2.75) is 50.6 Å². The van der Waals surface area contributed by atoms with E-state index in [2.05, 4.69) is 4.98 Å². The molecular weight excluding hydrogens is 342 g/mol. The van der Waals surface area contributed by atoms with Gasteiger partial charge in [-0.2, -0.15) is 0 Å². The molecule has 142 valence electrons. The molecule has 2 aromatic rings. The molecule has 2 fully saturated rings. The molecule has 6 heteroatoms. The molecule has 1 aromatic carbocycles. The number of hydrogen-bond donors (Lipinski definition) is 1. The van der Waals surface area contributed by atoms with E-state index in [1.807, 2.05) is 30.0 Å². The maximum Gasteiger partial charge on any atom is 0.255 e. The Hall–Kier alpha value is -2.50. The number of fused-ring (bicyclic) bond motifs is 5. The second-order valence-corrected chi connectivity index (χ2v) is 8.13. The van der Waals surface area contributed by atoms with Crippen molar-refractivity contribution in [1.29, 1.82) is 0 Å². The van der Waals surface area contributed by atoms with Gasteiger partial charge < -0.3 is 19.5 Å². The minimum atomic E-state index is -0.947. The molecular formula is C21H25N3O3. The molecule has 0 bridgehead atoms. The van der Waals surface area contributed by atoms with Crippen LogP contribution in [0.2, 0.25) is 0 Å². The van der Waals surface area contributed by atoms with Crippen LogP contribution in [0.15, 0.2) is 18.2 Å². The lowest BCUT2D eigenvalue weighted by Crippen LogP contribution is -2.68. The Kier molecular flexibility index (Phi) is 3.55. The number of benzene rings is 1. The van der Waals surface area contributed by atoms with E-state index in [4.69, 9.17) is 4.74 Å². The molecule has 3 heterocycles. The molecule has 0 radical (unpaired) electrons. The van der Waals surface area contributed by atoms with Crippen LogP contribution in [0.4, 0.5) is 0 Å². The van der Waals surface area contributed by atoms with Crippen molar-refractivity contribution in [3.63, 3.8) is 0 Å². The number of hydrogen-bond acceptors (Lipinski definition) is 3. The summed E-state index contributed by atoms with van der Waals surface area (Å²) in [5, 5.41) is 1.09. The zero-order chi connectivity index (χ0) is 18.8. The molecule has 1 N–H and O–H groups in total. The number of nitrogens with zero attached hydrogens (tertiary/aromatic N) is 2. The summed E-state index contributed by atoms with van der Waals surface area (Å²) in [7, 11) is 1.66. The zero-order valence-electron chi connectivity index (χ0n) is 15.9. The lowest BCUT2D eigenvalue weighted by Gasteiger charge is -2.51. The van der Waals surface area contributed by atoms with Crippen LogP contribution in [0.3, 0.4) is 0 Å². The van der Waals surface area contributed by atoms with Gasteiger partial charge in [0.1, 0.15) is 12.3 Å². The van der Waals surface area contributed by atoms with Crippen molar-refractivity contribution in [2.75, 3.05) is 20.2 Å². The fourth-order valence-electron chi connectivity index (χ4n) is 5.30. The first kappa shape index (κ1) is 16.7. The molecule has 2 aliphatic heterocycles. The van der Waals surface area contributed by atoms with Gasteiger partial charge in [0, 0.05) is 23.5 Å². The van der Waals surface area contributed by atoms with E-state index in [0.29, 0.717) is 6.54 Å². The Morgan fingerprint density at radius 3 is 2.74 bits per heavy atom. The number of amides is 2. The number of H-pyrrole nitrogens is 1. The fourth-order valence-corrected chi connectivity index (χ4v) is 5.30. The summed E-state index contributed by atoms with van der Waals surface area (Å²) in [6.07, 6.45) is 5.04.